The molecule has 0 saturated heterocycles. The van der Waals surface area contributed by atoms with Gasteiger partial charge in [0.2, 0.25) is 0 Å². The van der Waals surface area contributed by atoms with Crippen LogP contribution in [0.3, 0.4) is 0 Å². The molecule has 1 aromatic carbocycles. The van der Waals surface area contributed by atoms with Crippen molar-refractivity contribution in [2.24, 2.45) is 0 Å². The number of aromatic nitrogens is 1. The van der Waals surface area contributed by atoms with Gasteiger partial charge in [-0.2, -0.15) is 0 Å². The number of thiazole rings is 1. The fourth-order valence-corrected chi connectivity index (χ4v) is 2.24. The molecule has 0 fully saturated rings. The fourth-order valence-electron chi connectivity index (χ4n) is 1.61. The Morgan fingerprint density at radius 1 is 1.38 bits per heavy atom. The van der Waals surface area contributed by atoms with Crippen LogP contribution in [0, 0.1) is 0 Å². The number of benzene rings is 1. The maximum Gasteiger partial charge on any atom is 0.185 e. The molecule has 2 aromatic rings. The van der Waals surface area contributed by atoms with Gasteiger partial charge in [-0.25, -0.2) is 4.98 Å². The van der Waals surface area contributed by atoms with E-state index in [1.165, 1.54) is 16.9 Å². The third-order valence-electron chi connectivity index (χ3n) is 2.43. The minimum absolute atomic E-state index is 0.298. The van der Waals surface area contributed by atoms with E-state index in [9.17, 15) is 0 Å². The Bertz CT molecular complexity index is 439. The fraction of sp³-hybridized carbons (Fsp3) is 0.250. The molecular weight excluding hydrogens is 218 g/mol. The van der Waals surface area contributed by atoms with Crippen LogP contribution in [0.15, 0.2) is 36.5 Å². The zero-order valence-electron chi connectivity index (χ0n) is 9.18. The lowest BCUT2D eigenvalue weighted by Crippen LogP contribution is -2.08. The molecule has 3 N–H and O–H groups in total. The van der Waals surface area contributed by atoms with Crippen molar-refractivity contribution in [1.29, 1.82) is 0 Å². The first-order chi connectivity index (χ1) is 7.79. The number of hydrogen-bond acceptors (Lipinski definition) is 4. The van der Waals surface area contributed by atoms with Crippen LogP contribution in [-0.4, -0.2) is 4.98 Å². The second-order valence-corrected chi connectivity index (χ2v) is 4.65. The van der Waals surface area contributed by atoms with Crippen LogP contribution in [0.4, 0.5) is 10.1 Å². The third-order valence-corrected chi connectivity index (χ3v) is 3.19. The van der Waals surface area contributed by atoms with Crippen LogP contribution in [0.25, 0.3) is 0 Å². The van der Waals surface area contributed by atoms with E-state index in [1.54, 1.807) is 6.20 Å². The maximum absolute atomic E-state index is 5.65. The quantitative estimate of drug-likeness (QED) is 0.852. The van der Waals surface area contributed by atoms with E-state index in [4.69, 9.17) is 5.73 Å². The minimum Gasteiger partial charge on any atom is -0.389 e. The predicted octanol–water partition coefficient (Wildman–Crippen LogP) is 3.29. The minimum atomic E-state index is 0.298. The Labute approximate surface area is 99.3 Å². The summed E-state index contributed by atoms with van der Waals surface area (Å²) < 4.78 is 0. The Kier molecular flexibility index (Phi) is 3.41. The average molecular weight is 233 g/mol. The summed E-state index contributed by atoms with van der Waals surface area (Å²) in [5.41, 5.74) is 6.93. The number of rotatable bonds is 4. The molecule has 0 saturated carbocycles. The molecule has 2 rings (SSSR count). The lowest BCUT2D eigenvalue weighted by Gasteiger charge is -2.16. The zero-order valence-corrected chi connectivity index (χ0v) is 10.00. The highest BCUT2D eigenvalue weighted by atomic mass is 32.1. The molecule has 1 atom stereocenters. The summed E-state index contributed by atoms with van der Waals surface area (Å²) in [4.78, 5) is 4.21. The summed E-state index contributed by atoms with van der Waals surface area (Å²) in [5.74, 6) is 0. The standard InChI is InChI=1S/C12H15N3S/c1-2-10(9-6-4-3-5-7-9)15-12-14-8-11(13)16-12/h3-8,10H,2,13H2,1H3,(H,14,15). The topological polar surface area (TPSA) is 50.9 Å². The molecule has 3 nitrogen and oxygen atoms in total. The van der Waals surface area contributed by atoms with Crippen molar-refractivity contribution in [3.05, 3.63) is 42.1 Å². The Morgan fingerprint density at radius 3 is 2.69 bits per heavy atom. The van der Waals surface area contributed by atoms with Gasteiger partial charge in [0.25, 0.3) is 0 Å². The smallest absolute Gasteiger partial charge is 0.185 e. The van der Waals surface area contributed by atoms with Gasteiger partial charge in [0.05, 0.1) is 12.2 Å². The molecule has 0 aliphatic carbocycles. The van der Waals surface area contributed by atoms with Crippen LogP contribution in [0.1, 0.15) is 24.9 Å². The van der Waals surface area contributed by atoms with Crippen LogP contribution < -0.4 is 11.1 Å². The number of hydrogen-bond donors (Lipinski definition) is 2. The number of nitrogens with zero attached hydrogens (tertiary/aromatic N) is 1. The van der Waals surface area contributed by atoms with Crippen molar-refractivity contribution < 1.29 is 0 Å². The summed E-state index contributed by atoms with van der Waals surface area (Å²) in [6.45, 7) is 2.15. The van der Waals surface area contributed by atoms with Gasteiger partial charge in [-0.15, -0.1) is 0 Å². The van der Waals surface area contributed by atoms with Crippen LogP contribution >= 0.6 is 11.3 Å². The summed E-state index contributed by atoms with van der Waals surface area (Å²) in [7, 11) is 0. The molecule has 1 unspecified atom stereocenters. The lowest BCUT2D eigenvalue weighted by atomic mass is 10.1. The van der Waals surface area contributed by atoms with E-state index in [0.29, 0.717) is 6.04 Å². The Morgan fingerprint density at radius 2 is 2.12 bits per heavy atom. The Balaban J connectivity index is 2.12. The van der Waals surface area contributed by atoms with Gasteiger partial charge in [0.1, 0.15) is 5.00 Å². The van der Waals surface area contributed by atoms with Crippen molar-refractivity contribution in [3.8, 4) is 0 Å². The molecule has 0 radical (unpaired) electrons. The SMILES string of the molecule is CCC(Nc1ncc(N)s1)c1ccccc1. The normalized spacial score (nSPS) is 12.3. The number of nitrogens with one attached hydrogen (secondary N) is 1. The molecule has 0 bridgehead atoms. The van der Waals surface area contributed by atoms with Gasteiger partial charge in [0, 0.05) is 0 Å². The van der Waals surface area contributed by atoms with Gasteiger partial charge < -0.3 is 11.1 Å². The highest BCUT2D eigenvalue weighted by Gasteiger charge is 2.10. The van der Waals surface area contributed by atoms with Gasteiger partial charge in [-0.05, 0) is 12.0 Å². The molecule has 0 spiro atoms. The first kappa shape index (κ1) is 11.0. The van der Waals surface area contributed by atoms with E-state index in [0.717, 1.165) is 16.6 Å². The van der Waals surface area contributed by atoms with Crippen molar-refractivity contribution >= 4 is 21.5 Å². The van der Waals surface area contributed by atoms with E-state index in [2.05, 4.69) is 41.5 Å². The first-order valence-electron chi connectivity index (χ1n) is 5.32. The molecule has 1 heterocycles. The number of nitrogen functional groups attached to an aromatic ring is 1. The van der Waals surface area contributed by atoms with E-state index in [1.807, 2.05) is 6.07 Å². The number of nitrogens with two attached hydrogens (primary N) is 1. The van der Waals surface area contributed by atoms with E-state index >= 15 is 0 Å². The largest absolute Gasteiger partial charge is 0.389 e. The lowest BCUT2D eigenvalue weighted by molar-refractivity contribution is 0.748. The molecule has 0 amide bonds. The second-order valence-electron chi connectivity index (χ2n) is 3.58. The Hall–Kier alpha value is -1.55. The van der Waals surface area contributed by atoms with Crippen LogP contribution in [0.2, 0.25) is 0 Å². The molecule has 4 heteroatoms. The van der Waals surface area contributed by atoms with Gasteiger partial charge in [-0.1, -0.05) is 48.6 Å². The van der Waals surface area contributed by atoms with Crippen molar-refractivity contribution in [1.82, 2.24) is 4.98 Å². The van der Waals surface area contributed by atoms with Crippen LogP contribution in [-0.2, 0) is 0 Å². The average Bonchev–Trinajstić information content (AvgIpc) is 2.73. The van der Waals surface area contributed by atoms with E-state index < -0.39 is 0 Å². The first-order valence-corrected chi connectivity index (χ1v) is 6.14. The van der Waals surface area contributed by atoms with Gasteiger partial charge in [-0.3, -0.25) is 0 Å². The molecule has 0 aliphatic rings. The van der Waals surface area contributed by atoms with Crippen molar-refractivity contribution in [3.63, 3.8) is 0 Å². The second kappa shape index (κ2) is 4.99. The highest BCUT2D eigenvalue weighted by molar-refractivity contribution is 7.19. The van der Waals surface area contributed by atoms with Crippen LogP contribution in [0.5, 0.6) is 0 Å². The third kappa shape index (κ3) is 2.52. The van der Waals surface area contributed by atoms with Gasteiger partial charge in [0.15, 0.2) is 5.13 Å². The zero-order chi connectivity index (χ0) is 11.4. The molecular formula is C12H15N3S. The maximum atomic E-state index is 5.65. The van der Waals surface area contributed by atoms with E-state index in [-0.39, 0.29) is 0 Å². The molecule has 1 aromatic heterocycles. The van der Waals surface area contributed by atoms with Crippen molar-refractivity contribution in [2.75, 3.05) is 11.1 Å². The molecule has 84 valence electrons. The summed E-state index contributed by atoms with van der Waals surface area (Å²) in [5, 5.41) is 5.02. The summed E-state index contributed by atoms with van der Waals surface area (Å²) in [6.07, 6.45) is 2.70. The van der Waals surface area contributed by atoms with Crippen molar-refractivity contribution in [2.45, 2.75) is 19.4 Å². The predicted molar refractivity (Wildman–Crippen MR) is 69.6 cm³/mol. The highest BCUT2D eigenvalue weighted by Crippen LogP contribution is 2.26. The monoisotopic (exact) mass is 233 g/mol. The number of anilines is 2. The summed E-state index contributed by atoms with van der Waals surface area (Å²) in [6, 6.07) is 10.7. The van der Waals surface area contributed by atoms with Gasteiger partial charge >= 0.3 is 0 Å². The summed E-state index contributed by atoms with van der Waals surface area (Å²) >= 11 is 1.48. The molecule has 16 heavy (non-hydrogen) atoms. The molecule has 0 aliphatic heterocycles.